The second-order valence-electron chi connectivity index (χ2n) is 5.64. The summed E-state index contributed by atoms with van der Waals surface area (Å²) >= 11 is 0. The smallest absolute Gasteiger partial charge is 0.238 e. The first-order valence-electron chi connectivity index (χ1n) is 7.49. The monoisotopic (exact) mass is 349 g/mol. The fourth-order valence-corrected chi connectivity index (χ4v) is 3.06. The van der Waals surface area contributed by atoms with Crippen molar-refractivity contribution >= 4 is 21.8 Å². The highest BCUT2D eigenvalue weighted by Crippen LogP contribution is 2.25. The van der Waals surface area contributed by atoms with Crippen LogP contribution in [0.2, 0.25) is 0 Å². The Morgan fingerprint density at radius 3 is 2.62 bits per heavy atom. The zero-order chi connectivity index (χ0) is 17.2. The summed E-state index contributed by atoms with van der Waals surface area (Å²) in [4.78, 5) is 8.54. The third kappa shape index (κ3) is 3.99. The number of primary sulfonamides is 1. The quantitative estimate of drug-likeness (QED) is 0.727. The maximum absolute atomic E-state index is 11.2. The standard InChI is InChI=1S/C15H19N5O3S/c16-15-19-13(11-5-6-23-9-11)7-14(20-15)18-8-10-1-3-12(4-2-10)24(17,21)22/h1-4,7,11H,5-6,8-9H2,(H2,17,21,22)(H3,16,18,19,20)/t11-/m0/s1. The molecule has 1 aliphatic heterocycles. The Labute approximate surface area is 140 Å². The minimum atomic E-state index is -3.68. The summed E-state index contributed by atoms with van der Waals surface area (Å²) in [7, 11) is -3.68. The maximum atomic E-state index is 11.2. The van der Waals surface area contributed by atoms with Gasteiger partial charge in [0.1, 0.15) is 5.82 Å². The first-order chi connectivity index (χ1) is 11.4. The second kappa shape index (κ2) is 6.71. The minimum Gasteiger partial charge on any atom is -0.381 e. The molecule has 1 aromatic carbocycles. The highest BCUT2D eigenvalue weighted by atomic mass is 32.2. The lowest BCUT2D eigenvalue weighted by Gasteiger charge is -2.11. The predicted molar refractivity (Wildman–Crippen MR) is 89.8 cm³/mol. The number of ether oxygens (including phenoxy) is 1. The highest BCUT2D eigenvalue weighted by Gasteiger charge is 2.20. The molecule has 1 saturated heterocycles. The van der Waals surface area contributed by atoms with Crippen molar-refractivity contribution in [3.05, 3.63) is 41.6 Å². The van der Waals surface area contributed by atoms with Crippen molar-refractivity contribution in [1.82, 2.24) is 9.97 Å². The van der Waals surface area contributed by atoms with Gasteiger partial charge in [0, 0.05) is 25.1 Å². The molecule has 0 unspecified atom stereocenters. The molecule has 5 N–H and O–H groups in total. The number of nitrogens with zero attached hydrogens (tertiary/aromatic N) is 2. The second-order valence-corrected chi connectivity index (χ2v) is 7.20. The van der Waals surface area contributed by atoms with Crippen molar-refractivity contribution < 1.29 is 13.2 Å². The molecule has 24 heavy (non-hydrogen) atoms. The third-order valence-corrected chi connectivity index (χ3v) is 4.77. The van der Waals surface area contributed by atoms with Crippen LogP contribution in [0, 0.1) is 0 Å². The van der Waals surface area contributed by atoms with Gasteiger partial charge in [-0.3, -0.25) is 0 Å². The van der Waals surface area contributed by atoms with Crippen LogP contribution in [0.1, 0.15) is 23.6 Å². The molecule has 0 bridgehead atoms. The lowest BCUT2D eigenvalue weighted by atomic mass is 10.0. The molecular weight excluding hydrogens is 330 g/mol. The minimum absolute atomic E-state index is 0.0843. The van der Waals surface area contributed by atoms with E-state index < -0.39 is 10.0 Å². The van der Waals surface area contributed by atoms with Crippen molar-refractivity contribution in [3.63, 3.8) is 0 Å². The molecule has 9 heteroatoms. The molecular formula is C15H19N5O3S. The zero-order valence-electron chi connectivity index (χ0n) is 13.0. The van der Waals surface area contributed by atoms with Gasteiger partial charge >= 0.3 is 0 Å². The average Bonchev–Trinajstić information content (AvgIpc) is 3.06. The number of rotatable bonds is 5. The number of hydrogen-bond donors (Lipinski definition) is 3. The van der Waals surface area contributed by atoms with Crippen LogP contribution < -0.4 is 16.2 Å². The summed E-state index contributed by atoms with van der Waals surface area (Å²) in [6.45, 7) is 1.85. The Morgan fingerprint density at radius 1 is 1.25 bits per heavy atom. The van der Waals surface area contributed by atoms with E-state index in [9.17, 15) is 8.42 Å². The number of nitrogens with one attached hydrogen (secondary N) is 1. The van der Waals surface area contributed by atoms with E-state index in [-0.39, 0.29) is 16.8 Å². The van der Waals surface area contributed by atoms with Gasteiger partial charge in [0.05, 0.1) is 17.2 Å². The van der Waals surface area contributed by atoms with Crippen molar-refractivity contribution in [3.8, 4) is 0 Å². The predicted octanol–water partition coefficient (Wildman–Crippen LogP) is 0.822. The average molecular weight is 349 g/mol. The summed E-state index contributed by atoms with van der Waals surface area (Å²) in [5.41, 5.74) is 7.54. The largest absolute Gasteiger partial charge is 0.381 e. The molecule has 0 radical (unpaired) electrons. The molecule has 8 nitrogen and oxygen atoms in total. The van der Waals surface area contributed by atoms with Crippen LogP contribution in [0.15, 0.2) is 35.2 Å². The summed E-state index contributed by atoms with van der Waals surface area (Å²) in [5, 5.41) is 8.25. The van der Waals surface area contributed by atoms with Crippen molar-refractivity contribution in [2.45, 2.75) is 23.8 Å². The van der Waals surface area contributed by atoms with E-state index in [0.717, 1.165) is 24.3 Å². The van der Waals surface area contributed by atoms with Crippen LogP contribution in [0.25, 0.3) is 0 Å². The third-order valence-electron chi connectivity index (χ3n) is 3.84. The van der Waals surface area contributed by atoms with Crippen molar-refractivity contribution in [1.29, 1.82) is 0 Å². The normalized spacial score (nSPS) is 17.8. The van der Waals surface area contributed by atoms with Gasteiger partial charge in [-0.25, -0.2) is 18.5 Å². The fraction of sp³-hybridized carbons (Fsp3) is 0.333. The number of benzene rings is 1. The Kier molecular flexibility index (Phi) is 4.65. The van der Waals surface area contributed by atoms with E-state index >= 15 is 0 Å². The molecule has 0 saturated carbocycles. The first kappa shape index (κ1) is 16.6. The fourth-order valence-electron chi connectivity index (χ4n) is 2.54. The number of aromatic nitrogens is 2. The van der Waals surface area contributed by atoms with Crippen LogP contribution in [-0.4, -0.2) is 31.6 Å². The summed E-state index contributed by atoms with van der Waals surface area (Å²) in [6.07, 6.45) is 0.922. The number of anilines is 2. The van der Waals surface area contributed by atoms with Gasteiger partial charge in [0.2, 0.25) is 16.0 Å². The first-order valence-corrected chi connectivity index (χ1v) is 9.04. The van der Waals surface area contributed by atoms with Crippen LogP contribution in [-0.2, 0) is 21.3 Å². The van der Waals surface area contributed by atoms with E-state index in [1.807, 2.05) is 6.07 Å². The van der Waals surface area contributed by atoms with Crippen molar-refractivity contribution in [2.24, 2.45) is 5.14 Å². The van der Waals surface area contributed by atoms with E-state index in [2.05, 4.69) is 15.3 Å². The van der Waals surface area contributed by atoms with Crippen LogP contribution in [0.5, 0.6) is 0 Å². The van der Waals surface area contributed by atoms with E-state index in [4.69, 9.17) is 15.6 Å². The van der Waals surface area contributed by atoms with E-state index in [1.165, 1.54) is 12.1 Å². The van der Waals surface area contributed by atoms with Gasteiger partial charge in [-0.15, -0.1) is 0 Å². The van der Waals surface area contributed by atoms with Gasteiger partial charge < -0.3 is 15.8 Å². The number of nitrogens with two attached hydrogens (primary N) is 2. The maximum Gasteiger partial charge on any atom is 0.238 e. The zero-order valence-corrected chi connectivity index (χ0v) is 13.8. The van der Waals surface area contributed by atoms with Crippen LogP contribution >= 0.6 is 0 Å². The number of nitrogen functional groups attached to an aromatic ring is 1. The molecule has 1 aromatic heterocycles. The van der Waals surface area contributed by atoms with Gasteiger partial charge in [0.25, 0.3) is 0 Å². The highest BCUT2D eigenvalue weighted by molar-refractivity contribution is 7.89. The molecule has 1 atom stereocenters. The Bertz CT molecular complexity index is 818. The lowest BCUT2D eigenvalue weighted by molar-refractivity contribution is 0.193. The molecule has 1 fully saturated rings. The molecule has 1 aliphatic rings. The Balaban J connectivity index is 1.70. The Hall–Kier alpha value is -2.23. The van der Waals surface area contributed by atoms with Crippen molar-refractivity contribution in [2.75, 3.05) is 24.3 Å². The van der Waals surface area contributed by atoms with Crippen LogP contribution in [0.3, 0.4) is 0 Å². The summed E-state index contributed by atoms with van der Waals surface area (Å²) in [5.74, 6) is 1.08. The molecule has 128 valence electrons. The van der Waals surface area contributed by atoms with Gasteiger partial charge in [0.15, 0.2) is 0 Å². The molecule has 2 aromatic rings. The Morgan fingerprint density at radius 2 is 2.00 bits per heavy atom. The SMILES string of the molecule is Nc1nc(NCc2ccc(S(N)(=O)=O)cc2)cc([C@H]2CCOC2)n1. The number of sulfonamides is 1. The summed E-state index contributed by atoms with van der Waals surface area (Å²) in [6, 6.07) is 8.21. The van der Waals surface area contributed by atoms with Gasteiger partial charge in [-0.1, -0.05) is 12.1 Å². The van der Waals surface area contributed by atoms with Crippen LogP contribution in [0.4, 0.5) is 11.8 Å². The molecule has 0 amide bonds. The lowest BCUT2D eigenvalue weighted by Crippen LogP contribution is -2.12. The summed E-state index contributed by atoms with van der Waals surface area (Å²) < 4.78 is 27.9. The van der Waals surface area contributed by atoms with E-state index in [0.29, 0.717) is 19.0 Å². The molecule has 2 heterocycles. The number of hydrogen-bond acceptors (Lipinski definition) is 7. The molecule has 0 aliphatic carbocycles. The molecule has 3 rings (SSSR count). The van der Waals surface area contributed by atoms with E-state index in [1.54, 1.807) is 12.1 Å². The van der Waals surface area contributed by atoms with Gasteiger partial charge in [-0.2, -0.15) is 4.98 Å². The topological polar surface area (TPSA) is 133 Å². The van der Waals surface area contributed by atoms with Gasteiger partial charge in [-0.05, 0) is 24.1 Å². The molecule has 0 spiro atoms.